The number of anilines is 1. The van der Waals surface area contributed by atoms with Crippen molar-refractivity contribution >= 4 is 28.9 Å². The molecular formula is C20H34N2O3S. The molecule has 0 aliphatic rings. The van der Waals surface area contributed by atoms with E-state index in [0.717, 1.165) is 31.4 Å². The maximum atomic E-state index is 12.4. The van der Waals surface area contributed by atoms with Gasteiger partial charge in [-0.3, -0.25) is 4.79 Å². The van der Waals surface area contributed by atoms with Gasteiger partial charge in [0.2, 0.25) is 5.91 Å². The average Bonchev–Trinajstić information content (AvgIpc) is 2.99. The van der Waals surface area contributed by atoms with Crippen molar-refractivity contribution in [3.05, 3.63) is 15.8 Å². The van der Waals surface area contributed by atoms with Crippen LogP contribution in [0.25, 0.3) is 0 Å². The van der Waals surface area contributed by atoms with Crippen LogP contribution in [0.1, 0.15) is 81.0 Å². The molecule has 0 bridgehead atoms. The molecule has 1 atom stereocenters. The van der Waals surface area contributed by atoms with Gasteiger partial charge in [0.1, 0.15) is 4.88 Å². The predicted molar refractivity (Wildman–Crippen MR) is 109 cm³/mol. The number of amides is 1. The third-order valence-corrected chi connectivity index (χ3v) is 5.31. The number of esters is 1. The highest BCUT2D eigenvalue weighted by Gasteiger charge is 2.21. The molecule has 1 unspecified atom stereocenters. The van der Waals surface area contributed by atoms with Gasteiger partial charge in [0.05, 0.1) is 18.3 Å². The Morgan fingerprint density at radius 1 is 1.12 bits per heavy atom. The molecule has 0 aromatic carbocycles. The predicted octanol–water partition coefficient (Wildman–Crippen LogP) is 4.90. The fourth-order valence-electron chi connectivity index (χ4n) is 2.55. The summed E-state index contributed by atoms with van der Waals surface area (Å²) in [4.78, 5) is 25.1. The van der Waals surface area contributed by atoms with Gasteiger partial charge in [-0.05, 0) is 44.2 Å². The van der Waals surface area contributed by atoms with Gasteiger partial charge < -0.3 is 15.4 Å². The van der Waals surface area contributed by atoms with Crippen LogP contribution in [0.15, 0.2) is 5.38 Å². The molecule has 0 radical (unpaired) electrons. The van der Waals surface area contributed by atoms with Crippen LogP contribution in [0.5, 0.6) is 0 Å². The fourth-order valence-corrected chi connectivity index (χ4v) is 3.45. The smallest absolute Gasteiger partial charge is 0.350 e. The summed E-state index contributed by atoms with van der Waals surface area (Å²) >= 11 is 1.32. The molecule has 1 aromatic heterocycles. The lowest BCUT2D eigenvalue weighted by Gasteiger charge is -2.14. The maximum absolute atomic E-state index is 12.4. The van der Waals surface area contributed by atoms with Crippen LogP contribution < -0.4 is 10.6 Å². The molecule has 6 heteroatoms. The number of nitrogens with one attached hydrogen (secondary N) is 2. The highest BCUT2D eigenvalue weighted by atomic mass is 32.1. The van der Waals surface area contributed by atoms with E-state index in [-0.39, 0.29) is 17.9 Å². The highest BCUT2D eigenvalue weighted by Crippen LogP contribution is 2.28. The lowest BCUT2D eigenvalue weighted by Crippen LogP contribution is -2.38. The summed E-state index contributed by atoms with van der Waals surface area (Å²) in [5, 5.41) is 7.91. The summed E-state index contributed by atoms with van der Waals surface area (Å²) < 4.78 is 5.40. The number of carbonyl (C=O) groups excluding carboxylic acids is 2. The van der Waals surface area contributed by atoms with Crippen molar-refractivity contribution in [1.82, 2.24) is 5.32 Å². The summed E-state index contributed by atoms with van der Waals surface area (Å²) in [5.74, 6) is -0.481. The molecule has 148 valence electrons. The van der Waals surface area contributed by atoms with Gasteiger partial charge in [-0.25, -0.2) is 4.79 Å². The largest absolute Gasteiger partial charge is 0.461 e. The monoisotopic (exact) mass is 382 g/mol. The van der Waals surface area contributed by atoms with Crippen molar-refractivity contribution in [1.29, 1.82) is 0 Å². The molecular weight excluding hydrogens is 348 g/mol. The van der Waals surface area contributed by atoms with Crippen LogP contribution >= 0.6 is 11.3 Å². The molecule has 0 fully saturated rings. The minimum atomic E-state index is -0.346. The van der Waals surface area contributed by atoms with Crippen LogP contribution in [0.4, 0.5) is 5.69 Å². The molecule has 1 aromatic rings. The first kappa shape index (κ1) is 22.6. The standard InChI is InChI=1S/C20H34N2O3S/c1-5-7-8-9-10-11-13-25-20(24)18-17(15(3)14-26-18)22-19(23)16(4)21-12-6-2/h14,16,21H,5-13H2,1-4H3,(H,22,23). The van der Waals surface area contributed by atoms with Gasteiger partial charge in [0.25, 0.3) is 0 Å². The van der Waals surface area contributed by atoms with E-state index in [2.05, 4.69) is 24.5 Å². The highest BCUT2D eigenvalue weighted by molar-refractivity contribution is 7.12. The van der Waals surface area contributed by atoms with Gasteiger partial charge in [0.15, 0.2) is 0 Å². The Bertz CT molecular complexity index is 557. The molecule has 0 saturated carbocycles. The van der Waals surface area contributed by atoms with Crippen LogP contribution in [0, 0.1) is 6.92 Å². The molecule has 1 rings (SSSR count). The summed E-state index contributed by atoms with van der Waals surface area (Å²) in [6, 6.07) is -0.304. The van der Waals surface area contributed by atoms with Gasteiger partial charge in [-0.2, -0.15) is 0 Å². The van der Waals surface area contributed by atoms with Gasteiger partial charge in [0, 0.05) is 0 Å². The van der Waals surface area contributed by atoms with Crippen LogP contribution in [-0.2, 0) is 9.53 Å². The molecule has 26 heavy (non-hydrogen) atoms. The zero-order valence-electron chi connectivity index (χ0n) is 16.7. The second-order valence-corrected chi connectivity index (χ2v) is 7.57. The second kappa shape index (κ2) is 12.9. The van der Waals surface area contributed by atoms with Crippen LogP contribution in [0.2, 0.25) is 0 Å². The first-order valence-corrected chi connectivity index (χ1v) is 10.7. The number of thiophene rings is 1. The van der Waals surface area contributed by atoms with E-state index in [1.54, 1.807) is 0 Å². The molecule has 0 spiro atoms. The molecule has 2 N–H and O–H groups in total. The number of hydrogen-bond donors (Lipinski definition) is 2. The van der Waals surface area contributed by atoms with E-state index < -0.39 is 0 Å². The molecule has 1 amide bonds. The minimum absolute atomic E-state index is 0.134. The van der Waals surface area contributed by atoms with Crippen molar-refractivity contribution in [2.75, 3.05) is 18.5 Å². The number of hydrogen-bond acceptors (Lipinski definition) is 5. The maximum Gasteiger partial charge on any atom is 0.350 e. The first-order chi connectivity index (χ1) is 12.5. The normalized spacial score (nSPS) is 12.0. The SMILES string of the molecule is CCCCCCCCOC(=O)c1scc(C)c1NC(=O)C(C)NCCC. The topological polar surface area (TPSA) is 67.4 Å². The zero-order valence-corrected chi connectivity index (χ0v) is 17.5. The fraction of sp³-hybridized carbons (Fsp3) is 0.700. The van der Waals surface area contributed by atoms with E-state index in [1.165, 1.54) is 37.0 Å². The molecule has 0 aliphatic heterocycles. The van der Waals surface area contributed by atoms with Crippen LogP contribution in [-0.4, -0.2) is 31.1 Å². The summed E-state index contributed by atoms with van der Waals surface area (Å²) in [7, 11) is 0. The Hall–Kier alpha value is -1.40. The van der Waals surface area contributed by atoms with Crippen molar-refractivity contribution in [2.45, 2.75) is 78.7 Å². The third kappa shape index (κ3) is 7.87. The van der Waals surface area contributed by atoms with Crippen LogP contribution in [0.3, 0.4) is 0 Å². The van der Waals surface area contributed by atoms with Gasteiger partial charge >= 0.3 is 5.97 Å². The lowest BCUT2D eigenvalue weighted by atomic mass is 10.1. The van der Waals surface area contributed by atoms with E-state index in [4.69, 9.17) is 4.74 Å². The van der Waals surface area contributed by atoms with E-state index in [1.807, 2.05) is 19.2 Å². The molecule has 1 heterocycles. The number of unbranched alkanes of at least 4 members (excludes halogenated alkanes) is 5. The number of rotatable bonds is 13. The first-order valence-electron chi connectivity index (χ1n) is 9.80. The second-order valence-electron chi connectivity index (χ2n) is 6.69. The Kier molecular flexibility index (Phi) is 11.2. The van der Waals surface area contributed by atoms with Crippen molar-refractivity contribution in [3.8, 4) is 0 Å². The van der Waals surface area contributed by atoms with Crippen molar-refractivity contribution < 1.29 is 14.3 Å². The minimum Gasteiger partial charge on any atom is -0.461 e. The Balaban J connectivity index is 2.49. The third-order valence-electron chi connectivity index (χ3n) is 4.23. The Labute approximate surface area is 161 Å². The van der Waals surface area contributed by atoms with Crippen molar-refractivity contribution in [2.24, 2.45) is 0 Å². The molecule has 0 aliphatic carbocycles. The summed E-state index contributed by atoms with van der Waals surface area (Å²) in [6.45, 7) is 9.18. The van der Waals surface area contributed by atoms with E-state index >= 15 is 0 Å². The van der Waals surface area contributed by atoms with E-state index in [0.29, 0.717) is 17.2 Å². The van der Waals surface area contributed by atoms with E-state index in [9.17, 15) is 9.59 Å². The zero-order chi connectivity index (χ0) is 19.4. The van der Waals surface area contributed by atoms with Crippen molar-refractivity contribution in [3.63, 3.8) is 0 Å². The molecule has 0 saturated heterocycles. The Morgan fingerprint density at radius 3 is 2.50 bits per heavy atom. The number of carbonyl (C=O) groups is 2. The van der Waals surface area contributed by atoms with Gasteiger partial charge in [-0.1, -0.05) is 46.0 Å². The average molecular weight is 383 g/mol. The number of ether oxygens (including phenoxy) is 1. The molecule has 5 nitrogen and oxygen atoms in total. The number of aryl methyl sites for hydroxylation is 1. The summed E-state index contributed by atoms with van der Waals surface area (Å²) in [6.07, 6.45) is 7.87. The summed E-state index contributed by atoms with van der Waals surface area (Å²) in [5.41, 5.74) is 1.47. The lowest BCUT2D eigenvalue weighted by molar-refractivity contribution is -0.117. The quantitative estimate of drug-likeness (QED) is 0.376. The Morgan fingerprint density at radius 2 is 1.81 bits per heavy atom. The van der Waals surface area contributed by atoms with Gasteiger partial charge in [-0.15, -0.1) is 11.3 Å².